The van der Waals surface area contributed by atoms with Crippen molar-refractivity contribution in [3.05, 3.63) is 96.1 Å². The molecule has 2 unspecified atom stereocenters. The van der Waals surface area contributed by atoms with Crippen LogP contribution in [-0.4, -0.2) is 11.6 Å². The van der Waals surface area contributed by atoms with Crippen LogP contribution in [0.5, 0.6) is 0 Å². The Morgan fingerprint density at radius 2 is 1.48 bits per heavy atom. The third-order valence-corrected chi connectivity index (χ3v) is 5.93. The summed E-state index contributed by atoms with van der Waals surface area (Å²) >= 11 is 0. The molecule has 0 saturated carbocycles. The summed E-state index contributed by atoms with van der Waals surface area (Å²) in [6.07, 6.45) is 8.14. The summed E-state index contributed by atoms with van der Waals surface area (Å²) in [6.45, 7) is 0. The minimum atomic E-state index is -1.76. The molecule has 2 nitrogen and oxygen atoms in total. The third-order valence-electron chi connectivity index (χ3n) is 3.90. The van der Waals surface area contributed by atoms with E-state index in [9.17, 15) is 9.69 Å². The van der Waals surface area contributed by atoms with Gasteiger partial charge in [-0.2, -0.15) is 0 Å². The van der Waals surface area contributed by atoms with Crippen molar-refractivity contribution < 1.29 is 9.69 Å². The number of allylic oxidation sites excluding steroid dienone is 4. The van der Waals surface area contributed by atoms with Gasteiger partial charge in [-0.05, 0) is 6.08 Å². The minimum absolute atomic E-state index is 0.249. The number of rotatable bonds is 4. The molecule has 3 rings (SSSR count). The van der Waals surface area contributed by atoms with E-state index >= 15 is 0 Å². The summed E-state index contributed by atoms with van der Waals surface area (Å²) in [7, 11) is -1.76. The quantitative estimate of drug-likeness (QED) is 0.637. The standard InChI is InChI=1S/C20H17O2P/c21-15-18-13-7-8-14-19(18)23(22)20(16-9-3-1-4-10-16)17-11-5-2-6-12-17/h1-15,18,20H. The van der Waals surface area contributed by atoms with Gasteiger partial charge in [0.1, 0.15) is 11.6 Å². The van der Waals surface area contributed by atoms with Crippen LogP contribution in [0.1, 0.15) is 16.8 Å². The molecule has 3 heteroatoms. The van der Waals surface area contributed by atoms with Gasteiger partial charge >= 0.3 is 0 Å². The predicted molar refractivity (Wildman–Crippen MR) is 94.5 cm³/mol. The molecule has 1 aliphatic carbocycles. The molecule has 0 bridgehead atoms. The van der Waals surface area contributed by atoms with Crippen molar-refractivity contribution in [2.24, 2.45) is 5.92 Å². The van der Waals surface area contributed by atoms with Gasteiger partial charge in [-0.1, -0.05) is 78.9 Å². The SMILES string of the molecule is O=CC1C=CC=CC1=[P+]([O-])C(c1ccccc1)c1ccccc1. The molecule has 23 heavy (non-hydrogen) atoms. The first kappa shape index (κ1) is 15.6. The van der Waals surface area contributed by atoms with Crippen molar-refractivity contribution in [2.75, 3.05) is 0 Å². The van der Waals surface area contributed by atoms with E-state index in [0.717, 1.165) is 17.4 Å². The van der Waals surface area contributed by atoms with Crippen LogP contribution in [0.2, 0.25) is 0 Å². The average Bonchev–Trinajstić information content (AvgIpc) is 2.63. The maximum Gasteiger partial charge on any atom is 0.163 e. The van der Waals surface area contributed by atoms with Gasteiger partial charge in [0, 0.05) is 11.1 Å². The number of carbonyl (C=O) groups is 1. The largest absolute Gasteiger partial charge is 0.629 e. The van der Waals surface area contributed by atoms with Crippen molar-refractivity contribution >= 4 is 19.4 Å². The van der Waals surface area contributed by atoms with E-state index in [-0.39, 0.29) is 5.66 Å². The number of carbonyl (C=O) groups excluding carboxylic acids is 1. The molecule has 0 aliphatic heterocycles. The highest BCUT2D eigenvalue weighted by Gasteiger charge is 2.28. The topological polar surface area (TPSA) is 40.1 Å². The Morgan fingerprint density at radius 3 is 2.00 bits per heavy atom. The minimum Gasteiger partial charge on any atom is -0.629 e. The highest BCUT2D eigenvalue weighted by Crippen LogP contribution is 2.44. The Morgan fingerprint density at radius 1 is 0.913 bits per heavy atom. The Bertz CT molecular complexity index is 721. The lowest BCUT2D eigenvalue weighted by atomic mass is 10.0. The Balaban J connectivity index is 2.14. The lowest BCUT2D eigenvalue weighted by Gasteiger charge is -2.19. The average molecular weight is 320 g/mol. The molecule has 0 heterocycles. The zero-order valence-electron chi connectivity index (χ0n) is 12.6. The van der Waals surface area contributed by atoms with Crippen LogP contribution in [0.3, 0.4) is 0 Å². The van der Waals surface area contributed by atoms with Gasteiger partial charge in [0.05, 0.1) is 13.7 Å². The van der Waals surface area contributed by atoms with Crippen LogP contribution >= 0.6 is 7.77 Å². The van der Waals surface area contributed by atoms with Gasteiger partial charge in [-0.25, -0.2) is 0 Å². The van der Waals surface area contributed by atoms with E-state index < -0.39 is 13.7 Å². The van der Waals surface area contributed by atoms with Gasteiger partial charge in [-0.3, -0.25) is 0 Å². The molecule has 1 aliphatic rings. The zero-order chi connectivity index (χ0) is 16.1. The molecule has 114 valence electrons. The number of benzene rings is 2. The second-order valence-electron chi connectivity index (χ2n) is 5.38. The molecule has 0 aromatic heterocycles. The second kappa shape index (κ2) is 7.32. The van der Waals surface area contributed by atoms with E-state index in [1.807, 2.05) is 78.9 Å². The summed E-state index contributed by atoms with van der Waals surface area (Å²) in [6, 6.07) is 19.7. The van der Waals surface area contributed by atoms with E-state index in [1.165, 1.54) is 0 Å². The Kier molecular flexibility index (Phi) is 4.97. The van der Waals surface area contributed by atoms with Gasteiger partial charge in [0.15, 0.2) is 5.66 Å². The summed E-state index contributed by atoms with van der Waals surface area (Å²) in [4.78, 5) is 24.7. The molecular weight excluding hydrogens is 303 g/mol. The fourth-order valence-electron chi connectivity index (χ4n) is 2.77. The molecule has 2 atom stereocenters. The molecule has 0 radical (unpaired) electrons. The molecule has 0 spiro atoms. The van der Waals surface area contributed by atoms with Gasteiger partial charge in [0.25, 0.3) is 0 Å². The molecule has 0 saturated heterocycles. The van der Waals surface area contributed by atoms with E-state index in [2.05, 4.69) is 0 Å². The summed E-state index contributed by atoms with van der Waals surface area (Å²) in [5, 5.41) is 0.690. The molecule has 0 amide bonds. The maximum atomic E-state index is 13.3. The van der Waals surface area contributed by atoms with Crippen molar-refractivity contribution in [2.45, 2.75) is 5.66 Å². The van der Waals surface area contributed by atoms with Crippen LogP contribution in [0, 0.1) is 5.92 Å². The number of hydrogen-bond donors (Lipinski definition) is 0. The first-order valence-corrected chi connectivity index (χ1v) is 8.87. The first-order chi connectivity index (χ1) is 11.3. The van der Waals surface area contributed by atoms with Crippen molar-refractivity contribution in [3.63, 3.8) is 0 Å². The highest BCUT2D eigenvalue weighted by atomic mass is 31.1. The normalized spacial score (nSPS) is 19.0. The molecule has 2 aromatic rings. The molecule has 2 aromatic carbocycles. The predicted octanol–water partition coefficient (Wildman–Crippen LogP) is 3.65. The van der Waals surface area contributed by atoms with Crippen LogP contribution < -0.4 is 4.89 Å². The number of aldehydes is 1. The van der Waals surface area contributed by atoms with Gasteiger partial charge < -0.3 is 9.69 Å². The van der Waals surface area contributed by atoms with E-state index in [0.29, 0.717) is 5.29 Å². The monoisotopic (exact) mass is 320 g/mol. The highest BCUT2D eigenvalue weighted by molar-refractivity contribution is 7.53. The fourth-order valence-corrected chi connectivity index (χ4v) is 4.62. The summed E-state index contributed by atoms with van der Waals surface area (Å²) in [5.74, 6) is -0.404. The van der Waals surface area contributed by atoms with Gasteiger partial charge in [-0.15, -0.1) is 0 Å². The van der Waals surface area contributed by atoms with Crippen LogP contribution in [-0.2, 0) is 4.79 Å². The third kappa shape index (κ3) is 3.39. The van der Waals surface area contributed by atoms with Crippen LogP contribution in [0.4, 0.5) is 0 Å². The molecule has 0 N–H and O–H groups in total. The van der Waals surface area contributed by atoms with Crippen LogP contribution in [0.25, 0.3) is 0 Å². The van der Waals surface area contributed by atoms with Crippen molar-refractivity contribution in [1.29, 1.82) is 0 Å². The van der Waals surface area contributed by atoms with Crippen molar-refractivity contribution in [3.8, 4) is 0 Å². The van der Waals surface area contributed by atoms with Gasteiger partial charge in [0.2, 0.25) is 0 Å². The second-order valence-corrected chi connectivity index (χ2v) is 7.06. The maximum absolute atomic E-state index is 13.3. The zero-order valence-corrected chi connectivity index (χ0v) is 13.5. The van der Waals surface area contributed by atoms with Crippen molar-refractivity contribution in [1.82, 2.24) is 0 Å². The lowest BCUT2D eigenvalue weighted by Crippen LogP contribution is -2.18. The lowest BCUT2D eigenvalue weighted by molar-refractivity contribution is -0.154. The first-order valence-electron chi connectivity index (χ1n) is 7.54. The smallest absolute Gasteiger partial charge is 0.163 e. The van der Waals surface area contributed by atoms with Crippen LogP contribution in [0.15, 0.2) is 85.0 Å². The van der Waals surface area contributed by atoms with E-state index in [4.69, 9.17) is 0 Å². The van der Waals surface area contributed by atoms with E-state index in [1.54, 1.807) is 6.08 Å². The fraction of sp³-hybridized carbons (Fsp3) is 0.100. The summed E-state index contributed by atoms with van der Waals surface area (Å²) < 4.78 is 0. The molecular formula is C20H17O2P. The summed E-state index contributed by atoms with van der Waals surface area (Å²) in [5.41, 5.74) is 1.75. The Hall–Kier alpha value is -2.28. The number of hydrogen-bond acceptors (Lipinski definition) is 2. The molecule has 0 fully saturated rings. The Labute approximate surface area is 137 Å².